The molecule has 3 aromatic carbocycles. The molecular weight excluding hydrogens is 500 g/mol. The Balaban J connectivity index is 1.49. The van der Waals surface area contributed by atoms with Crippen molar-refractivity contribution in [2.45, 2.75) is 0 Å². The molecule has 0 radical (unpaired) electrons. The second kappa shape index (κ2) is 10.8. The number of carbonyl (C=O) groups is 1. The van der Waals surface area contributed by atoms with Crippen LogP contribution in [0.25, 0.3) is 28.0 Å². The smallest absolute Gasteiger partial charge is 0.263 e. The summed E-state index contributed by atoms with van der Waals surface area (Å²) in [6.07, 6.45) is 1.36. The van der Waals surface area contributed by atoms with Gasteiger partial charge in [-0.1, -0.05) is 30.3 Å². The summed E-state index contributed by atoms with van der Waals surface area (Å²) >= 11 is 0. The van der Waals surface area contributed by atoms with Crippen LogP contribution in [-0.4, -0.2) is 36.5 Å². The first-order valence-electron chi connectivity index (χ1n) is 11.8. The minimum absolute atomic E-state index is 0.125. The standard InChI is InChI=1S/C29H22N4O6/c1-36-23-13-12-18(14-24(23)37-2)27-28(26(35)21-10-6-7-11-22(21)39-27)38-17-25(34)32-29-19(15-30)16-31-33(29)20-8-4-3-5-9-20/h3-14,16H,17H2,1-2H3,(H,32,34). The maximum atomic E-state index is 13.4. The number of para-hydroxylation sites is 2. The normalized spacial score (nSPS) is 10.6. The van der Waals surface area contributed by atoms with Crippen molar-refractivity contribution in [1.29, 1.82) is 5.26 Å². The Morgan fingerprint density at radius 3 is 2.51 bits per heavy atom. The zero-order valence-electron chi connectivity index (χ0n) is 21.0. The number of rotatable bonds is 8. The second-order valence-corrected chi connectivity index (χ2v) is 8.26. The molecule has 0 aliphatic heterocycles. The fourth-order valence-electron chi connectivity index (χ4n) is 4.04. The zero-order chi connectivity index (χ0) is 27.4. The van der Waals surface area contributed by atoms with Gasteiger partial charge in [0.05, 0.1) is 31.5 Å². The highest BCUT2D eigenvalue weighted by Gasteiger charge is 2.21. The second-order valence-electron chi connectivity index (χ2n) is 8.26. The number of nitrogens with one attached hydrogen (secondary N) is 1. The van der Waals surface area contributed by atoms with Crippen LogP contribution in [0.4, 0.5) is 5.82 Å². The SMILES string of the molecule is COc1ccc(-c2oc3ccccc3c(=O)c2OCC(=O)Nc2c(C#N)cnn2-c2ccccc2)cc1OC. The van der Waals surface area contributed by atoms with Crippen LogP contribution in [-0.2, 0) is 4.79 Å². The Morgan fingerprint density at radius 2 is 1.77 bits per heavy atom. The molecule has 0 saturated heterocycles. The lowest BCUT2D eigenvalue weighted by molar-refractivity contribution is -0.118. The van der Waals surface area contributed by atoms with Crippen molar-refractivity contribution in [3.8, 4) is 40.3 Å². The van der Waals surface area contributed by atoms with E-state index in [2.05, 4.69) is 10.4 Å². The molecule has 5 rings (SSSR count). The molecule has 194 valence electrons. The molecule has 1 N–H and O–H groups in total. The maximum Gasteiger partial charge on any atom is 0.263 e. The van der Waals surface area contributed by atoms with Crippen LogP contribution in [0, 0.1) is 11.3 Å². The van der Waals surface area contributed by atoms with Gasteiger partial charge in [0.2, 0.25) is 11.2 Å². The minimum Gasteiger partial charge on any atom is -0.493 e. The van der Waals surface area contributed by atoms with Crippen LogP contribution in [0.2, 0.25) is 0 Å². The molecule has 0 fully saturated rings. The lowest BCUT2D eigenvalue weighted by atomic mass is 10.1. The van der Waals surface area contributed by atoms with E-state index in [4.69, 9.17) is 18.6 Å². The van der Waals surface area contributed by atoms with Crippen LogP contribution < -0.4 is 25.0 Å². The van der Waals surface area contributed by atoms with Gasteiger partial charge in [-0.15, -0.1) is 0 Å². The highest BCUT2D eigenvalue weighted by molar-refractivity contribution is 5.93. The molecule has 2 aromatic heterocycles. The third kappa shape index (κ3) is 4.89. The summed E-state index contributed by atoms with van der Waals surface area (Å²) in [6, 6.07) is 22.8. The average Bonchev–Trinajstić information content (AvgIpc) is 3.38. The molecule has 1 amide bonds. The van der Waals surface area contributed by atoms with Crippen LogP contribution in [0.1, 0.15) is 5.56 Å². The van der Waals surface area contributed by atoms with Gasteiger partial charge in [0.25, 0.3) is 5.91 Å². The van der Waals surface area contributed by atoms with Crippen LogP contribution in [0.3, 0.4) is 0 Å². The van der Waals surface area contributed by atoms with Crippen molar-refractivity contribution in [1.82, 2.24) is 9.78 Å². The summed E-state index contributed by atoms with van der Waals surface area (Å²) < 4.78 is 24.0. The van der Waals surface area contributed by atoms with Gasteiger partial charge in [-0.25, -0.2) is 4.68 Å². The van der Waals surface area contributed by atoms with Crippen LogP contribution in [0.15, 0.2) is 88.2 Å². The van der Waals surface area contributed by atoms with E-state index in [1.54, 1.807) is 54.6 Å². The Labute approximate surface area is 222 Å². The fourth-order valence-corrected chi connectivity index (χ4v) is 4.04. The fraction of sp³-hybridized carbons (Fsp3) is 0.103. The molecule has 0 spiro atoms. The molecule has 0 atom stereocenters. The van der Waals surface area contributed by atoms with Gasteiger partial charge in [-0.05, 0) is 42.5 Å². The molecule has 5 aromatic rings. The zero-order valence-corrected chi connectivity index (χ0v) is 21.0. The number of anilines is 1. The summed E-state index contributed by atoms with van der Waals surface area (Å²) in [5, 5.41) is 16.7. The average molecular weight is 523 g/mol. The molecule has 39 heavy (non-hydrogen) atoms. The van der Waals surface area contributed by atoms with Crippen molar-refractivity contribution < 1.29 is 23.4 Å². The topological polar surface area (TPSA) is 129 Å². The first-order chi connectivity index (χ1) is 19.0. The minimum atomic E-state index is -0.602. The number of carbonyl (C=O) groups excluding carboxylic acids is 1. The van der Waals surface area contributed by atoms with Crippen LogP contribution >= 0.6 is 0 Å². The van der Waals surface area contributed by atoms with E-state index in [1.165, 1.54) is 25.1 Å². The van der Waals surface area contributed by atoms with Crippen molar-refractivity contribution in [3.05, 3.63) is 94.8 Å². The Kier molecular flexibility index (Phi) is 6.96. The summed E-state index contributed by atoms with van der Waals surface area (Å²) in [5.41, 5.74) is 1.22. The van der Waals surface area contributed by atoms with Gasteiger partial charge in [0, 0.05) is 5.56 Å². The third-order valence-corrected chi connectivity index (χ3v) is 5.90. The Morgan fingerprint density at radius 1 is 1.03 bits per heavy atom. The Bertz CT molecular complexity index is 1770. The molecule has 0 aliphatic carbocycles. The van der Waals surface area contributed by atoms with Gasteiger partial charge in [0.1, 0.15) is 17.2 Å². The summed E-state index contributed by atoms with van der Waals surface area (Å²) in [4.78, 5) is 26.4. The number of fused-ring (bicyclic) bond motifs is 1. The highest BCUT2D eigenvalue weighted by Crippen LogP contribution is 2.36. The number of methoxy groups -OCH3 is 2. The molecule has 0 aliphatic rings. The van der Waals surface area contributed by atoms with E-state index in [9.17, 15) is 14.9 Å². The molecule has 2 heterocycles. The van der Waals surface area contributed by atoms with Crippen LogP contribution in [0.5, 0.6) is 17.2 Å². The maximum absolute atomic E-state index is 13.4. The summed E-state index contributed by atoms with van der Waals surface area (Å²) in [5.74, 6) is 0.480. The number of hydrogen-bond acceptors (Lipinski definition) is 8. The number of amides is 1. The molecule has 0 bridgehead atoms. The number of hydrogen-bond donors (Lipinski definition) is 1. The van der Waals surface area contributed by atoms with Gasteiger partial charge >= 0.3 is 0 Å². The van der Waals surface area contributed by atoms with Gasteiger partial charge in [-0.3, -0.25) is 9.59 Å². The van der Waals surface area contributed by atoms with E-state index >= 15 is 0 Å². The Hall–Kier alpha value is -5.56. The lowest BCUT2D eigenvalue weighted by Gasteiger charge is -2.14. The number of nitriles is 1. The van der Waals surface area contributed by atoms with Crippen molar-refractivity contribution in [2.75, 3.05) is 26.1 Å². The van der Waals surface area contributed by atoms with E-state index in [-0.39, 0.29) is 22.9 Å². The van der Waals surface area contributed by atoms with Crippen molar-refractivity contribution in [3.63, 3.8) is 0 Å². The van der Waals surface area contributed by atoms with Crippen molar-refractivity contribution in [2.24, 2.45) is 0 Å². The largest absolute Gasteiger partial charge is 0.493 e. The number of aromatic nitrogens is 2. The molecule has 0 saturated carbocycles. The quantitative estimate of drug-likeness (QED) is 0.314. The molecule has 10 heteroatoms. The van der Waals surface area contributed by atoms with Crippen molar-refractivity contribution >= 4 is 22.7 Å². The lowest BCUT2D eigenvalue weighted by Crippen LogP contribution is -2.24. The van der Waals surface area contributed by atoms with Gasteiger partial charge < -0.3 is 23.9 Å². The first kappa shape index (κ1) is 25.1. The predicted octanol–water partition coefficient (Wildman–Crippen LogP) is 4.55. The predicted molar refractivity (Wildman–Crippen MR) is 143 cm³/mol. The van der Waals surface area contributed by atoms with Gasteiger partial charge in [-0.2, -0.15) is 10.4 Å². The summed E-state index contributed by atoms with van der Waals surface area (Å²) in [6.45, 7) is -0.534. The number of benzene rings is 3. The highest BCUT2D eigenvalue weighted by atomic mass is 16.5. The van der Waals surface area contributed by atoms with E-state index in [0.717, 1.165) is 0 Å². The number of ether oxygens (including phenoxy) is 3. The molecule has 0 unspecified atom stereocenters. The summed E-state index contributed by atoms with van der Waals surface area (Å²) in [7, 11) is 3.01. The van der Waals surface area contributed by atoms with Gasteiger partial charge in [0.15, 0.2) is 29.7 Å². The number of nitrogens with zero attached hydrogens (tertiary/aromatic N) is 3. The van der Waals surface area contributed by atoms with E-state index in [1.807, 2.05) is 24.3 Å². The first-order valence-corrected chi connectivity index (χ1v) is 11.8. The van der Waals surface area contributed by atoms with E-state index < -0.39 is 17.9 Å². The third-order valence-electron chi connectivity index (χ3n) is 5.90. The molecule has 10 nitrogen and oxygen atoms in total. The monoisotopic (exact) mass is 522 g/mol. The van der Waals surface area contributed by atoms with E-state index in [0.29, 0.717) is 33.7 Å². The molecular formula is C29H22N4O6.